The van der Waals surface area contributed by atoms with Gasteiger partial charge in [0.2, 0.25) is 5.91 Å². The molecule has 2 atom stereocenters. The van der Waals surface area contributed by atoms with Gasteiger partial charge in [-0.2, -0.15) is 0 Å². The highest BCUT2D eigenvalue weighted by Gasteiger charge is 2.43. The second kappa shape index (κ2) is 8.69. The molecule has 0 aliphatic carbocycles. The minimum atomic E-state index is -0.939. The minimum absolute atomic E-state index is 0.0847. The first-order chi connectivity index (χ1) is 13.5. The van der Waals surface area contributed by atoms with Crippen molar-refractivity contribution in [1.29, 1.82) is 0 Å². The Morgan fingerprint density at radius 1 is 1.04 bits per heavy atom. The zero-order valence-electron chi connectivity index (χ0n) is 15.7. The quantitative estimate of drug-likeness (QED) is 0.778. The number of ether oxygens (including phenoxy) is 1. The molecule has 1 saturated heterocycles. The summed E-state index contributed by atoms with van der Waals surface area (Å²) in [4.78, 5) is 38.5. The second-order valence-electron chi connectivity index (χ2n) is 6.98. The normalized spacial score (nSPS) is 18.9. The van der Waals surface area contributed by atoms with Gasteiger partial charge in [-0.25, -0.2) is 4.79 Å². The monoisotopic (exact) mass is 381 g/mol. The molecule has 146 valence electrons. The van der Waals surface area contributed by atoms with Crippen molar-refractivity contribution in [2.24, 2.45) is 5.92 Å². The lowest BCUT2D eigenvalue weighted by Gasteiger charge is -2.28. The van der Waals surface area contributed by atoms with Crippen LogP contribution in [0, 0.1) is 5.92 Å². The van der Waals surface area contributed by atoms with Crippen LogP contribution in [-0.2, 0) is 19.1 Å². The highest BCUT2D eigenvalue weighted by Crippen LogP contribution is 2.33. The van der Waals surface area contributed by atoms with E-state index in [4.69, 9.17) is 9.84 Å². The van der Waals surface area contributed by atoms with E-state index in [-0.39, 0.29) is 24.8 Å². The molecule has 28 heavy (non-hydrogen) atoms. The highest BCUT2D eigenvalue weighted by atomic mass is 16.5. The SMILES string of the molecule is COC(=O)C1CC(CC(=O)O)CN1C(=O)C(c1ccccc1)c1ccccc1. The maximum absolute atomic E-state index is 13.6. The van der Waals surface area contributed by atoms with Gasteiger partial charge < -0.3 is 14.7 Å². The summed E-state index contributed by atoms with van der Waals surface area (Å²) in [6.45, 7) is 0.223. The van der Waals surface area contributed by atoms with Gasteiger partial charge in [0.1, 0.15) is 6.04 Å². The van der Waals surface area contributed by atoms with Crippen molar-refractivity contribution >= 4 is 17.8 Å². The smallest absolute Gasteiger partial charge is 0.328 e. The number of carboxylic acids is 1. The van der Waals surface area contributed by atoms with E-state index in [1.165, 1.54) is 12.0 Å². The van der Waals surface area contributed by atoms with Gasteiger partial charge in [-0.3, -0.25) is 9.59 Å². The van der Waals surface area contributed by atoms with Crippen LogP contribution in [-0.4, -0.2) is 47.5 Å². The molecule has 3 rings (SSSR count). The molecule has 0 aromatic heterocycles. The Kier molecular flexibility index (Phi) is 6.09. The molecule has 1 aliphatic heterocycles. The van der Waals surface area contributed by atoms with Crippen LogP contribution in [0.4, 0.5) is 0 Å². The standard InChI is InChI=1S/C22H23NO5/c1-28-22(27)18-12-15(13-19(24)25)14-23(18)21(26)20(16-8-4-2-5-9-16)17-10-6-3-7-11-17/h2-11,15,18,20H,12-14H2,1H3,(H,24,25). The molecule has 1 aliphatic rings. The van der Waals surface area contributed by atoms with Gasteiger partial charge in [0.25, 0.3) is 0 Å². The van der Waals surface area contributed by atoms with E-state index in [9.17, 15) is 14.4 Å². The van der Waals surface area contributed by atoms with Gasteiger partial charge in [-0.1, -0.05) is 60.7 Å². The van der Waals surface area contributed by atoms with Gasteiger partial charge in [0.05, 0.1) is 13.0 Å². The van der Waals surface area contributed by atoms with Crippen molar-refractivity contribution in [3.8, 4) is 0 Å². The fraction of sp³-hybridized carbons (Fsp3) is 0.318. The summed E-state index contributed by atoms with van der Waals surface area (Å²) in [5.41, 5.74) is 1.65. The molecule has 6 heteroatoms. The fourth-order valence-corrected chi connectivity index (χ4v) is 3.86. The summed E-state index contributed by atoms with van der Waals surface area (Å²) in [6.07, 6.45) is 0.208. The molecule has 0 saturated carbocycles. The van der Waals surface area contributed by atoms with Crippen molar-refractivity contribution in [1.82, 2.24) is 4.90 Å². The molecule has 0 bridgehead atoms. The second-order valence-corrected chi connectivity index (χ2v) is 6.98. The summed E-state index contributed by atoms with van der Waals surface area (Å²) >= 11 is 0. The largest absolute Gasteiger partial charge is 0.481 e. The van der Waals surface area contributed by atoms with Crippen LogP contribution in [0.3, 0.4) is 0 Å². The Labute approximate surface area is 163 Å². The number of carbonyl (C=O) groups excluding carboxylic acids is 2. The highest BCUT2D eigenvalue weighted by molar-refractivity contribution is 5.91. The lowest BCUT2D eigenvalue weighted by molar-refractivity contribution is -0.151. The van der Waals surface area contributed by atoms with Crippen LogP contribution >= 0.6 is 0 Å². The van der Waals surface area contributed by atoms with Crippen LogP contribution in [0.5, 0.6) is 0 Å². The number of hydrogen-bond acceptors (Lipinski definition) is 4. The molecule has 2 aromatic carbocycles. The van der Waals surface area contributed by atoms with E-state index in [0.717, 1.165) is 11.1 Å². The zero-order chi connectivity index (χ0) is 20.1. The number of carboxylic acid groups (broad SMARTS) is 1. The van der Waals surface area contributed by atoms with Crippen LogP contribution < -0.4 is 0 Å². The number of benzene rings is 2. The first-order valence-corrected chi connectivity index (χ1v) is 9.21. The summed E-state index contributed by atoms with van der Waals surface area (Å²) in [5.74, 6) is -2.52. The number of methoxy groups -OCH3 is 1. The van der Waals surface area contributed by atoms with E-state index in [1.807, 2.05) is 60.7 Å². The van der Waals surface area contributed by atoms with E-state index in [2.05, 4.69) is 0 Å². The summed E-state index contributed by atoms with van der Waals surface area (Å²) in [5, 5.41) is 9.13. The van der Waals surface area contributed by atoms with Gasteiger partial charge in [-0.15, -0.1) is 0 Å². The molecule has 1 amide bonds. The maximum Gasteiger partial charge on any atom is 0.328 e. The average Bonchev–Trinajstić information content (AvgIpc) is 3.12. The summed E-state index contributed by atoms with van der Waals surface area (Å²) in [6, 6.07) is 18.0. The summed E-state index contributed by atoms with van der Waals surface area (Å²) < 4.78 is 4.88. The third-order valence-corrected chi connectivity index (χ3v) is 5.12. The Hall–Kier alpha value is -3.15. The molecule has 1 N–H and O–H groups in total. The lowest BCUT2D eigenvalue weighted by atomic mass is 9.90. The molecular weight excluding hydrogens is 358 g/mol. The Balaban J connectivity index is 1.96. The van der Waals surface area contributed by atoms with Crippen molar-refractivity contribution in [2.45, 2.75) is 24.8 Å². The van der Waals surface area contributed by atoms with E-state index in [1.54, 1.807) is 0 Å². The molecule has 2 unspecified atom stereocenters. The van der Waals surface area contributed by atoms with Crippen molar-refractivity contribution in [3.05, 3.63) is 71.8 Å². The number of hydrogen-bond donors (Lipinski definition) is 1. The third-order valence-electron chi connectivity index (χ3n) is 5.12. The average molecular weight is 381 g/mol. The Morgan fingerprint density at radius 3 is 2.04 bits per heavy atom. The van der Waals surface area contributed by atoms with Crippen LogP contribution in [0.15, 0.2) is 60.7 Å². The molecule has 0 spiro atoms. The first kappa shape index (κ1) is 19.6. The first-order valence-electron chi connectivity index (χ1n) is 9.21. The van der Waals surface area contributed by atoms with E-state index in [0.29, 0.717) is 6.42 Å². The van der Waals surface area contributed by atoms with Gasteiger partial charge >= 0.3 is 11.9 Å². The third kappa shape index (κ3) is 4.22. The molecule has 2 aromatic rings. The predicted molar refractivity (Wildman–Crippen MR) is 103 cm³/mol. The van der Waals surface area contributed by atoms with Crippen molar-refractivity contribution in [2.75, 3.05) is 13.7 Å². The number of nitrogens with zero attached hydrogens (tertiary/aromatic N) is 1. The van der Waals surface area contributed by atoms with Crippen LogP contribution in [0.25, 0.3) is 0 Å². The molecule has 1 fully saturated rings. The Morgan fingerprint density at radius 2 is 1.57 bits per heavy atom. The van der Waals surface area contributed by atoms with E-state index < -0.39 is 23.9 Å². The fourth-order valence-electron chi connectivity index (χ4n) is 3.86. The lowest BCUT2D eigenvalue weighted by Crippen LogP contribution is -2.43. The van der Waals surface area contributed by atoms with Gasteiger partial charge in [0, 0.05) is 13.0 Å². The number of aliphatic carboxylic acids is 1. The number of rotatable bonds is 6. The number of likely N-dealkylation sites (tertiary alicyclic amines) is 1. The van der Waals surface area contributed by atoms with Crippen molar-refractivity contribution in [3.63, 3.8) is 0 Å². The molecule has 0 radical (unpaired) electrons. The molecule has 6 nitrogen and oxygen atoms in total. The number of carbonyl (C=O) groups is 3. The van der Waals surface area contributed by atoms with Crippen molar-refractivity contribution < 1.29 is 24.2 Å². The predicted octanol–water partition coefficient (Wildman–Crippen LogP) is 2.68. The van der Waals surface area contributed by atoms with Crippen LogP contribution in [0.2, 0.25) is 0 Å². The minimum Gasteiger partial charge on any atom is -0.481 e. The van der Waals surface area contributed by atoms with Crippen LogP contribution in [0.1, 0.15) is 29.9 Å². The topological polar surface area (TPSA) is 83.9 Å². The molecule has 1 heterocycles. The molecular formula is C22H23NO5. The maximum atomic E-state index is 13.6. The zero-order valence-corrected chi connectivity index (χ0v) is 15.7. The van der Waals surface area contributed by atoms with Gasteiger partial charge in [-0.05, 0) is 23.5 Å². The number of esters is 1. The van der Waals surface area contributed by atoms with E-state index >= 15 is 0 Å². The van der Waals surface area contributed by atoms with Gasteiger partial charge in [0.15, 0.2) is 0 Å². The number of amides is 1. The summed E-state index contributed by atoms with van der Waals surface area (Å²) in [7, 11) is 1.28. The Bertz CT molecular complexity index is 797.